The third kappa shape index (κ3) is 5.42. The summed E-state index contributed by atoms with van der Waals surface area (Å²) in [6, 6.07) is 5.75. The molecule has 0 aromatic heterocycles. The first-order chi connectivity index (χ1) is 8.64. The van der Waals surface area contributed by atoms with Crippen LogP contribution in [0.1, 0.15) is 46.6 Å². The molecule has 0 saturated carbocycles. The summed E-state index contributed by atoms with van der Waals surface area (Å²) in [6.07, 6.45) is 1.09. The van der Waals surface area contributed by atoms with Crippen LogP contribution in [0.2, 0.25) is 5.02 Å². The van der Waals surface area contributed by atoms with E-state index in [-0.39, 0.29) is 5.54 Å². The van der Waals surface area contributed by atoms with Gasteiger partial charge in [0.2, 0.25) is 0 Å². The van der Waals surface area contributed by atoms with Crippen LogP contribution in [0.5, 0.6) is 5.75 Å². The van der Waals surface area contributed by atoms with Gasteiger partial charge in [-0.25, -0.2) is 0 Å². The molecule has 2 nitrogen and oxygen atoms in total. The lowest BCUT2D eigenvalue weighted by molar-refractivity contribution is 0.240. The quantitative estimate of drug-likeness (QED) is 0.849. The van der Waals surface area contributed by atoms with E-state index in [1.165, 1.54) is 0 Å². The summed E-state index contributed by atoms with van der Waals surface area (Å²) in [7, 11) is 1.68. The lowest BCUT2D eigenvalue weighted by Gasteiger charge is -2.33. The van der Waals surface area contributed by atoms with Gasteiger partial charge in [0.25, 0.3) is 0 Å². The summed E-state index contributed by atoms with van der Waals surface area (Å²) >= 11 is 6.25. The molecule has 19 heavy (non-hydrogen) atoms. The fraction of sp³-hybridized carbons (Fsp3) is 0.625. The van der Waals surface area contributed by atoms with Gasteiger partial charge in [-0.15, -0.1) is 0 Å². The van der Waals surface area contributed by atoms with Gasteiger partial charge >= 0.3 is 0 Å². The highest BCUT2D eigenvalue weighted by atomic mass is 35.5. The summed E-state index contributed by atoms with van der Waals surface area (Å²) in [5.74, 6) is 0.839. The minimum atomic E-state index is 0.0580. The second-order valence-electron chi connectivity index (χ2n) is 6.90. The zero-order valence-electron chi connectivity index (χ0n) is 12.9. The third-order valence-corrected chi connectivity index (χ3v) is 3.37. The normalized spacial score (nSPS) is 12.6. The molecule has 0 heterocycles. The van der Waals surface area contributed by atoms with E-state index in [1.807, 2.05) is 18.2 Å². The number of hydrogen-bond donors (Lipinski definition) is 1. The van der Waals surface area contributed by atoms with Crippen molar-refractivity contribution >= 4 is 11.6 Å². The van der Waals surface area contributed by atoms with Gasteiger partial charge in [0, 0.05) is 22.7 Å². The predicted octanol–water partition coefficient (Wildman–Crippen LogP) is 4.65. The molecule has 0 radical (unpaired) electrons. The molecule has 108 valence electrons. The largest absolute Gasteiger partial charge is 0.496 e. The van der Waals surface area contributed by atoms with E-state index in [4.69, 9.17) is 16.3 Å². The van der Waals surface area contributed by atoms with Crippen LogP contribution in [-0.4, -0.2) is 12.6 Å². The van der Waals surface area contributed by atoms with Gasteiger partial charge in [-0.1, -0.05) is 38.4 Å². The summed E-state index contributed by atoms with van der Waals surface area (Å²) in [5, 5.41) is 4.33. The molecule has 0 unspecified atom stereocenters. The van der Waals surface area contributed by atoms with Crippen LogP contribution < -0.4 is 10.1 Å². The van der Waals surface area contributed by atoms with Crippen molar-refractivity contribution in [2.75, 3.05) is 7.11 Å². The maximum atomic E-state index is 6.25. The van der Waals surface area contributed by atoms with Crippen molar-refractivity contribution in [1.82, 2.24) is 5.32 Å². The molecule has 0 amide bonds. The predicted molar refractivity (Wildman–Crippen MR) is 83.0 cm³/mol. The second kappa shape index (κ2) is 6.15. The lowest BCUT2D eigenvalue weighted by Crippen LogP contribution is -2.41. The smallest absolute Gasteiger partial charge is 0.124 e. The molecule has 3 heteroatoms. The Bertz CT molecular complexity index is 421. The Morgan fingerprint density at radius 2 is 1.79 bits per heavy atom. The molecule has 1 aromatic rings. The third-order valence-electron chi connectivity index (χ3n) is 3.01. The van der Waals surface area contributed by atoms with Crippen LogP contribution in [0.3, 0.4) is 0 Å². The number of benzene rings is 1. The average Bonchev–Trinajstić information content (AvgIpc) is 2.23. The number of methoxy groups -OCH3 is 1. The van der Waals surface area contributed by atoms with Crippen LogP contribution >= 0.6 is 11.6 Å². The van der Waals surface area contributed by atoms with Gasteiger partial charge in [0.1, 0.15) is 5.75 Å². The molecule has 1 aromatic carbocycles. The van der Waals surface area contributed by atoms with E-state index in [9.17, 15) is 0 Å². The first kappa shape index (κ1) is 16.3. The molecule has 1 rings (SSSR count). The average molecular weight is 284 g/mol. The monoisotopic (exact) mass is 283 g/mol. The van der Waals surface area contributed by atoms with Crippen LogP contribution in [0.4, 0.5) is 0 Å². The van der Waals surface area contributed by atoms with Crippen molar-refractivity contribution < 1.29 is 4.74 Å². The lowest BCUT2D eigenvalue weighted by atomic mass is 9.82. The van der Waals surface area contributed by atoms with E-state index in [0.717, 1.165) is 22.8 Å². The van der Waals surface area contributed by atoms with E-state index in [0.29, 0.717) is 12.0 Å². The molecule has 0 spiro atoms. The molecule has 0 saturated heterocycles. The maximum Gasteiger partial charge on any atom is 0.124 e. The van der Waals surface area contributed by atoms with Crippen molar-refractivity contribution in [2.45, 2.75) is 53.1 Å². The van der Waals surface area contributed by atoms with Crippen molar-refractivity contribution in [3.8, 4) is 5.75 Å². The van der Waals surface area contributed by atoms with E-state index >= 15 is 0 Å². The molecular weight excluding hydrogens is 258 g/mol. The Balaban J connectivity index is 2.76. The first-order valence-electron chi connectivity index (χ1n) is 6.71. The Morgan fingerprint density at radius 3 is 2.32 bits per heavy atom. The Morgan fingerprint density at radius 1 is 1.16 bits per heavy atom. The van der Waals surface area contributed by atoms with E-state index in [1.54, 1.807) is 7.11 Å². The number of halogens is 1. The topological polar surface area (TPSA) is 21.3 Å². The Kier molecular flexibility index (Phi) is 5.28. The first-order valence-corrected chi connectivity index (χ1v) is 7.09. The van der Waals surface area contributed by atoms with Crippen LogP contribution in [-0.2, 0) is 6.54 Å². The minimum Gasteiger partial charge on any atom is -0.496 e. The zero-order valence-corrected chi connectivity index (χ0v) is 13.7. The van der Waals surface area contributed by atoms with Crippen molar-refractivity contribution in [1.29, 1.82) is 0 Å². The van der Waals surface area contributed by atoms with Crippen LogP contribution in [0, 0.1) is 5.41 Å². The van der Waals surface area contributed by atoms with Crippen molar-refractivity contribution in [3.05, 3.63) is 28.8 Å². The number of hydrogen-bond acceptors (Lipinski definition) is 2. The van der Waals surface area contributed by atoms with Crippen LogP contribution in [0.25, 0.3) is 0 Å². The number of nitrogens with one attached hydrogen (secondary N) is 1. The van der Waals surface area contributed by atoms with Gasteiger partial charge in [0.15, 0.2) is 0 Å². The van der Waals surface area contributed by atoms with Gasteiger partial charge < -0.3 is 10.1 Å². The SMILES string of the molecule is COc1cccc(Cl)c1CNC(C)(C)CC(C)(C)C. The molecule has 0 bridgehead atoms. The van der Waals surface area contributed by atoms with Crippen molar-refractivity contribution in [3.63, 3.8) is 0 Å². The van der Waals surface area contributed by atoms with E-state index < -0.39 is 0 Å². The highest BCUT2D eigenvalue weighted by Gasteiger charge is 2.25. The molecule has 1 N–H and O–H groups in total. The highest BCUT2D eigenvalue weighted by Crippen LogP contribution is 2.29. The molecule has 0 aliphatic carbocycles. The summed E-state index contributed by atoms with van der Waals surface area (Å²) in [6.45, 7) is 11.9. The standard InChI is InChI=1S/C16H26ClNO/c1-15(2,3)11-16(4,5)18-10-12-13(17)8-7-9-14(12)19-6/h7-9,18H,10-11H2,1-6H3. The Labute approximate surface area is 122 Å². The summed E-state index contributed by atoms with van der Waals surface area (Å²) < 4.78 is 5.37. The fourth-order valence-electron chi connectivity index (χ4n) is 2.62. The minimum absolute atomic E-state index is 0.0580. The van der Waals surface area contributed by atoms with Gasteiger partial charge in [-0.3, -0.25) is 0 Å². The van der Waals surface area contributed by atoms with Gasteiger partial charge in [0.05, 0.1) is 7.11 Å². The number of ether oxygens (including phenoxy) is 1. The zero-order chi connectivity index (χ0) is 14.7. The molecule has 0 atom stereocenters. The molecule has 0 fully saturated rings. The van der Waals surface area contributed by atoms with Crippen LogP contribution in [0.15, 0.2) is 18.2 Å². The second-order valence-corrected chi connectivity index (χ2v) is 7.30. The maximum absolute atomic E-state index is 6.25. The fourth-order valence-corrected chi connectivity index (χ4v) is 2.85. The van der Waals surface area contributed by atoms with Gasteiger partial charge in [-0.05, 0) is 37.8 Å². The van der Waals surface area contributed by atoms with Gasteiger partial charge in [-0.2, -0.15) is 0 Å². The Hall–Kier alpha value is -0.730. The number of rotatable bonds is 5. The molecule has 0 aliphatic rings. The molecule has 0 aliphatic heterocycles. The van der Waals surface area contributed by atoms with E-state index in [2.05, 4.69) is 39.9 Å². The van der Waals surface area contributed by atoms with Crippen molar-refractivity contribution in [2.24, 2.45) is 5.41 Å². The summed E-state index contributed by atoms with van der Waals surface area (Å²) in [4.78, 5) is 0. The molecular formula is C16H26ClNO. The highest BCUT2D eigenvalue weighted by molar-refractivity contribution is 6.31. The summed E-state index contributed by atoms with van der Waals surface area (Å²) in [5.41, 5.74) is 1.37.